The lowest BCUT2D eigenvalue weighted by atomic mass is 9.87. The maximum Gasteiger partial charge on any atom is 0.322 e. The first-order valence-electron chi connectivity index (χ1n) is 7.26. The molecule has 0 aliphatic heterocycles. The van der Waals surface area contributed by atoms with E-state index in [1.807, 2.05) is 20.9 Å². The first-order chi connectivity index (χ1) is 9.45. The highest BCUT2D eigenvalue weighted by atomic mass is 35.5. The number of halogens is 1. The van der Waals surface area contributed by atoms with Crippen LogP contribution in [0.4, 0.5) is 5.95 Å². The standard InChI is InChI=1S/C14H23ClN4O/c1-9(2)20-14-17-12(15)16-13(18-14)19(4)11-7-5-10(3)6-8-11/h9-11H,5-8H2,1-4H3. The third kappa shape index (κ3) is 3.95. The van der Waals surface area contributed by atoms with E-state index in [0.717, 1.165) is 5.92 Å². The lowest BCUT2D eigenvalue weighted by molar-refractivity contribution is 0.221. The summed E-state index contributed by atoms with van der Waals surface area (Å²) in [5, 5.41) is 0.182. The van der Waals surface area contributed by atoms with Gasteiger partial charge in [-0.1, -0.05) is 6.92 Å². The smallest absolute Gasteiger partial charge is 0.322 e. The van der Waals surface area contributed by atoms with Gasteiger partial charge < -0.3 is 9.64 Å². The summed E-state index contributed by atoms with van der Waals surface area (Å²) in [7, 11) is 2.02. The second-order valence-electron chi connectivity index (χ2n) is 5.88. The van der Waals surface area contributed by atoms with Gasteiger partial charge in [0.15, 0.2) is 0 Å². The van der Waals surface area contributed by atoms with Gasteiger partial charge in [-0.25, -0.2) is 0 Å². The predicted molar refractivity (Wildman–Crippen MR) is 80.4 cm³/mol. The number of aromatic nitrogens is 3. The molecule has 1 aliphatic carbocycles. The molecule has 0 saturated heterocycles. The van der Waals surface area contributed by atoms with Crippen LogP contribution in [0.15, 0.2) is 0 Å². The Morgan fingerprint density at radius 1 is 1.15 bits per heavy atom. The zero-order valence-corrected chi connectivity index (χ0v) is 13.4. The Morgan fingerprint density at radius 3 is 2.40 bits per heavy atom. The van der Waals surface area contributed by atoms with Gasteiger partial charge in [-0.2, -0.15) is 15.0 Å². The molecular weight excluding hydrogens is 276 g/mol. The summed E-state index contributed by atoms with van der Waals surface area (Å²) in [5.74, 6) is 1.42. The average molecular weight is 299 g/mol. The fourth-order valence-electron chi connectivity index (χ4n) is 2.54. The molecule has 0 radical (unpaired) electrons. The van der Waals surface area contributed by atoms with Crippen molar-refractivity contribution in [2.24, 2.45) is 5.92 Å². The Hall–Kier alpha value is -1.10. The lowest BCUT2D eigenvalue weighted by Crippen LogP contribution is -2.36. The predicted octanol–water partition coefficient (Wildman–Crippen LogP) is 3.33. The number of hydrogen-bond acceptors (Lipinski definition) is 5. The Bertz CT molecular complexity index is 447. The Morgan fingerprint density at radius 2 is 1.80 bits per heavy atom. The number of hydrogen-bond donors (Lipinski definition) is 0. The summed E-state index contributed by atoms with van der Waals surface area (Å²) in [6, 6.07) is 0.766. The van der Waals surface area contributed by atoms with Crippen molar-refractivity contribution < 1.29 is 4.74 Å². The molecule has 1 aliphatic rings. The SMILES string of the molecule is CC1CCC(N(C)c2nc(Cl)nc(OC(C)C)n2)CC1. The van der Waals surface area contributed by atoms with E-state index in [4.69, 9.17) is 16.3 Å². The van der Waals surface area contributed by atoms with Crippen molar-refractivity contribution in [1.29, 1.82) is 0 Å². The molecule has 0 bridgehead atoms. The molecule has 1 heterocycles. The third-order valence-corrected chi connectivity index (χ3v) is 3.93. The summed E-state index contributed by atoms with van der Waals surface area (Å²) >= 11 is 5.97. The Balaban J connectivity index is 2.12. The van der Waals surface area contributed by atoms with E-state index in [1.54, 1.807) is 0 Å². The maximum atomic E-state index is 5.97. The van der Waals surface area contributed by atoms with E-state index < -0.39 is 0 Å². The Kier molecular flexibility index (Phi) is 5.02. The van der Waals surface area contributed by atoms with Crippen LogP contribution in [0, 0.1) is 5.92 Å². The van der Waals surface area contributed by atoms with Gasteiger partial charge in [0, 0.05) is 13.1 Å². The quantitative estimate of drug-likeness (QED) is 0.853. The first-order valence-corrected chi connectivity index (χ1v) is 7.64. The number of anilines is 1. The highest BCUT2D eigenvalue weighted by molar-refractivity contribution is 6.28. The Labute approximate surface area is 125 Å². The van der Waals surface area contributed by atoms with Crippen LogP contribution in [-0.2, 0) is 0 Å². The summed E-state index contributed by atoms with van der Waals surface area (Å²) in [4.78, 5) is 14.7. The molecule has 0 N–H and O–H groups in total. The molecule has 1 fully saturated rings. The van der Waals surface area contributed by atoms with Gasteiger partial charge in [-0.05, 0) is 57.0 Å². The topological polar surface area (TPSA) is 51.1 Å². The molecule has 1 saturated carbocycles. The normalized spacial score (nSPS) is 22.9. The highest BCUT2D eigenvalue weighted by Gasteiger charge is 2.24. The van der Waals surface area contributed by atoms with Gasteiger partial charge in [0.1, 0.15) is 0 Å². The molecule has 0 atom stereocenters. The molecule has 5 nitrogen and oxygen atoms in total. The van der Waals surface area contributed by atoms with Crippen molar-refractivity contribution in [3.8, 4) is 6.01 Å². The molecule has 0 unspecified atom stereocenters. The molecule has 1 aromatic heterocycles. The van der Waals surface area contributed by atoms with Gasteiger partial charge in [-0.3, -0.25) is 0 Å². The highest BCUT2D eigenvalue weighted by Crippen LogP contribution is 2.28. The number of ether oxygens (including phenoxy) is 1. The van der Waals surface area contributed by atoms with E-state index in [-0.39, 0.29) is 11.4 Å². The van der Waals surface area contributed by atoms with Gasteiger partial charge in [0.2, 0.25) is 11.2 Å². The summed E-state index contributed by atoms with van der Waals surface area (Å²) in [6.45, 7) is 6.18. The van der Waals surface area contributed by atoms with E-state index in [2.05, 4.69) is 26.8 Å². The van der Waals surface area contributed by atoms with E-state index in [0.29, 0.717) is 18.0 Å². The molecule has 112 valence electrons. The van der Waals surface area contributed by atoms with Crippen molar-refractivity contribution in [3.05, 3.63) is 5.28 Å². The van der Waals surface area contributed by atoms with Crippen LogP contribution >= 0.6 is 11.6 Å². The minimum absolute atomic E-state index is 0.0159. The second kappa shape index (κ2) is 6.57. The van der Waals surface area contributed by atoms with Crippen molar-refractivity contribution in [1.82, 2.24) is 15.0 Å². The largest absolute Gasteiger partial charge is 0.461 e. The molecule has 0 amide bonds. The molecule has 1 aromatic rings. The van der Waals surface area contributed by atoms with Gasteiger partial charge in [-0.15, -0.1) is 0 Å². The van der Waals surface area contributed by atoms with Gasteiger partial charge in [0.25, 0.3) is 0 Å². The summed E-state index contributed by atoms with van der Waals surface area (Å²) in [6.07, 6.45) is 4.86. The first kappa shape index (κ1) is 15.3. The number of rotatable bonds is 4. The van der Waals surface area contributed by atoms with Crippen LogP contribution in [0.5, 0.6) is 6.01 Å². The van der Waals surface area contributed by atoms with Gasteiger partial charge in [0.05, 0.1) is 6.10 Å². The molecule has 6 heteroatoms. The zero-order chi connectivity index (χ0) is 14.7. The van der Waals surface area contributed by atoms with Crippen LogP contribution in [0.3, 0.4) is 0 Å². The fraction of sp³-hybridized carbons (Fsp3) is 0.786. The molecule has 20 heavy (non-hydrogen) atoms. The van der Waals surface area contributed by atoms with E-state index in [9.17, 15) is 0 Å². The summed E-state index contributed by atoms with van der Waals surface area (Å²) < 4.78 is 5.52. The summed E-state index contributed by atoms with van der Waals surface area (Å²) in [5.41, 5.74) is 0. The lowest BCUT2D eigenvalue weighted by Gasteiger charge is -2.33. The average Bonchev–Trinajstić information content (AvgIpc) is 2.37. The minimum Gasteiger partial charge on any atom is -0.461 e. The maximum absolute atomic E-state index is 5.97. The van der Waals surface area contributed by atoms with Crippen molar-refractivity contribution in [2.75, 3.05) is 11.9 Å². The van der Waals surface area contributed by atoms with Gasteiger partial charge >= 0.3 is 6.01 Å². The van der Waals surface area contributed by atoms with Crippen LogP contribution < -0.4 is 9.64 Å². The molecule has 2 rings (SSSR count). The van der Waals surface area contributed by atoms with Crippen molar-refractivity contribution in [2.45, 2.75) is 58.6 Å². The van der Waals surface area contributed by atoms with E-state index in [1.165, 1.54) is 25.7 Å². The van der Waals surface area contributed by atoms with Crippen LogP contribution in [0.1, 0.15) is 46.5 Å². The van der Waals surface area contributed by atoms with Crippen LogP contribution in [-0.4, -0.2) is 34.1 Å². The van der Waals surface area contributed by atoms with Crippen LogP contribution in [0.25, 0.3) is 0 Å². The molecular formula is C14H23ClN4O. The minimum atomic E-state index is 0.0159. The zero-order valence-electron chi connectivity index (χ0n) is 12.6. The number of nitrogens with zero attached hydrogens (tertiary/aromatic N) is 4. The monoisotopic (exact) mass is 298 g/mol. The van der Waals surface area contributed by atoms with Crippen LogP contribution in [0.2, 0.25) is 5.28 Å². The second-order valence-corrected chi connectivity index (χ2v) is 6.22. The van der Waals surface area contributed by atoms with Crippen molar-refractivity contribution in [3.63, 3.8) is 0 Å². The third-order valence-electron chi connectivity index (χ3n) is 3.77. The fourth-order valence-corrected chi connectivity index (χ4v) is 2.68. The van der Waals surface area contributed by atoms with Crippen molar-refractivity contribution >= 4 is 17.5 Å². The van der Waals surface area contributed by atoms with E-state index >= 15 is 0 Å². The molecule has 0 aromatic carbocycles. The molecule has 0 spiro atoms.